The number of hydrogen-bond donors (Lipinski definition) is 2. The van der Waals surface area contributed by atoms with Crippen LogP contribution in [0.2, 0.25) is 0 Å². The minimum absolute atomic E-state index is 0.0144. The molecule has 4 bridgehead atoms. The SMILES string of the molecule is Cc1ccc([N+](=O)[O-])cc1SNC(C)(C)C(=O)NC1C2CC3CC(C2)CC1C3. The molecular formula is C21H29N3O3S. The highest BCUT2D eigenvalue weighted by atomic mass is 32.2. The topological polar surface area (TPSA) is 84.3 Å². The lowest BCUT2D eigenvalue weighted by molar-refractivity contribution is -0.385. The molecule has 0 unspecified atom stereocenters. The van der Waals surface area contributed by atoms with E-state index in [1.165, 1.54) is 50.1 Å². The van der Waals surface area contributed by atoms with Gasteiger partial charge >= 0.3 is 0 Å². The zero-order valence-electron chi connectivity index (χ0n) is 16.7. The number of nitro groups is 1. The minimum Gasteiger partial charge on any atom is -0.351 e. The van der Waals surface area contributed by atoms with E-state index in [4.69, 9.17) is 0 Å². The Morgan fingerprint density at radius 3 is 2.32 bits per heavy atom. The summed E-state index contributed by atoms with van der Waals surface area (Å²) in [7, 11) is 0. The van der Waals surface area contributed by atoms with Gasteiger partial charge in [-0.15, -0.1) is 0 Å². The minimum atomic E-state index is -0.767. The van der Waals surface area contributed by atoms with Crippen molar-refractivity contribution in [1.29, 1.82) is 0 Å². The molecule has 1 aromatic rings. The Labute approximate surface area is 170 Å². The van der Waals surface area contributed by atoms with Crippen molar-refractivity contribution in [3.63, 3.8) is 0 Å². The van der Waals surface area contributed by atoms with Gasteiger partial charge in [-0.1, -0.05) is 6.07 Å². The molecule has 4 aliphatic carbocycles. The van der Waals surface area contributed by atoms with Gasteiger partial charge in [-0.05, 0) is 94.1 Å². The first-order valence-electron chi connectivity index (χ1n) is 10.2. The summed E-state index contributed by atoms with van der Waals surface area (Å²) in [4.78, 5) is 24.4. The van der Waals surface area contributed by atoms with E-state index in [0.29, 0.717) is 17.9 Å². The van der Waals surface area contributed by atoms with Crippen molar-refractivity contribution in [1.82, 2.24) is 10.0 Å². The fourth-order valence-electron chi connectivity index (χ4n) is 5.53. The van der Waals surface area contributed by atoms with E-state index in [1.54, 1.807) is 12.1 Å². The summed E-state index contributed by atoms with van der Waals surface area (Å²) in [5.41, 5.74) is 0.238. The molecule has 4 fully saturated rings. The molecule has 0 radical (unpaired) electrons. The first-order chi connectivity index (χ1) is 13.2. The third kappa shape index (κ3) is 3.79. The van der Waals surface area contributed by atoms with Crippen LogP contribution in [0.3, 0.4) is 0 Å². The highest BCUT2D eigenvalue weighted by Gasteiger charge is 2.49. The van der Waals surface area contributed by atoms with Crippen molar-refractivity contribution in [3.8, 4) is 0 Å². The standard InChI is InChI=1S/C21H29N3O3S/c1-12-4-5-17(24(26)27)11-18(12)28-23-21(2,3)20(25)22-19-15-7-13-6-14(9-15)10-16(19)8-13/h4-5,11,13-16,19,23H,6-10H2,1-3H3,(H,22,25). The largest absolute Gasteiger partial charge is 0.351 e. The molecule has 0 aliphatic heterocycles. The van der Waals surface area contributed by atoms with Crippen molar-refractivity contribution in [2.24, 2.45) is 23.7 Å². The van der Waals surface area contributed by atoms with Crippen LogP contribution in [0.25, 0.3) is 0 Å². The van der Waals surface area contributed by atoms with Gasteiger partial charge in [-0.2, -0.15) is 0 Å². The molecule has 0 spiro atoms. The number of aryl methyl sites for hydroxylation is 1. The Hall–Kier alpha value is -1.60. The molecule has 28 heavy (non-hydrogen) atoms. The predicted octanol–water partition coefficient (Wildman–Crippen LogP) is 4.22. The average Bonchev–Trinajstić information content (AvgIpc) is 2.63. The Morgan fingerprint density at radius 1 is 1.14 bits per heavy atom. The highest BCUT2D eigenvalue weighted by Crippen LogP contribution is 2.53. The zero-order valence-corrected chi connectivity index (χ0v) is 17.6. The van der Waals surface area contributed by atoms with Crippen LogP contribution in [0.1, 0.15) is 51.5 Å². The van der Waals surface area contributed by atoms with Crippen LogP contribution in [0, 0.1) is 40.7 Å². The number of nitrogens with one attached hydrogen (secondary N) is 2. The van der Waals surface area contributed by atoms with Crippen molar-refractivity contribution >= 4 is 23.5 Å². The lowest BCUT2D eigenvalue weighted by Crippen LogP contribution is -2.60. The van der Waals surface area contributed by atoms with Crippen LogP contribution < -0.4 is 10.0 Å². The molecule has 6 nitrogen and oxygen atoms in total. The van der Waals surface area contributed by atoms with Crippen molar-refractivity contribution in [3.05, 3.63) is 33.9 Å². The number of nitro benzene ring substituents is 1. The zero-order chi connectivity index (χ0) is 20.1. The van der Waals surface area contributed by atoms with Gasteiger partial charge in [0.25, 0.3) is 5.69 Å². The molecule has 0 heterocycles. The first-order valence-corrected chi connectivity index (χ1v) is 11.0. The number of amides is 1. The summed E-state index contributed by atoms with van der Waals surface area (Å²) in [5.74, 6) is 3.06. The van der Waals surface area contributed by atoms with E-state index < -0.39 is 10.5 Å². The molecule has 4 saturated carbocycles. The fraction of sp³-hybridized carbons (Fsp3) is 0.667. The normalized spacial score (nSPS) is 31.0. The molecule has 1 aromatic carbocycles. The number of nitrogens with zero attached hydrogens (tertiary/aromatic N) is 1. The van der Waals surface area contributed by atoms with Crippen molar-refractivity contribution in [2.75, 3.05) is 0 Å². The summed E-state index contributed by atoms with van der Waals surface area (Å²) in [6.45, 7) is 5.66. The summed E-state index contributed by atoms with van der Waals surface area (Å²) < 4.78 is 3.24. The van der Waals surface area contributed by atoms with Gasteiger partial charge in [0.15, 0.2) is 0 Å². The lowest BCUT2D eigenvalue weighted by atomic mass is 9.54. The second-order valence-corrected chi connectivity index (χ2v) is 10.3. The summed E-state index contributed by atoms with van der Waals surface area (Å²) in [5, 5.41) is 14.4. The van der Waals surface area contributed by atoms with E-state index in [0.717, 1.165) is 22.3 Å². The maximum Gasteiger partial charge on any atom is 0.270 e. The number of hydrogen-bond acceptors (Lipinski definition) is 5. The molecule has 152 valence electrons. The third-order valence-corrected chi connectivity index (χ3v) is 8.16. The van der Waals surface area contributed by atoms with E-state index in [9.17, 15) is 14.9 Å². The second kappa shape index (κ2) is 7.34. The maximum atomic E-state index is 13.0. The smallest absolute Gasteiger partial charge is 0.270 e. The molecule has 0 saturated heterocycles. The molecule has 4 aliphatic rings. The van der Waals surface area contributed by atoms with Crippen LogP contribution >= 0.6 is 11.9 Å². The van der Waals surface area contributed by atoms with Gasteiger partial charge < -0.3 is 5.32 Å². The summed E-state index contributed by atoms with van der Waals surface area (Å²) in [6, 6.07) is 5.11. The number of carbonyl (C=O) groups excluding carboxylic acids is 1. The number of carbonyl (C=O) groups is 1. The summed E-state index contributed by atoms with van der Waals surface area (Å²) in [6.07, 6.45) is 6.49. The van der Waals surface area contributed by atoms with Gasteiger partial charge in [-0.3, -0.25) is 14.9 Å². The van der Waals surface area contributed by atoms with Crippen LogP contribution in [-0.2, 0) is 4.79 Å². The van der Waals surface area contributed by atoms with E-state index >= 15 is 0 Å². The molecule has 5 rings (SSSR count). The van der Waals surface area contributed by atoms with Gasteiger partial charge in [0, 0.05) is 23.1 Å². The molecular weight excluding hydrogens is 374 g/mol. The monoisotopic (exact) mass is 403 g/mol. The Balaban J connectivity index is 1.39. The van der Waals surface area contributed by atoms with Crippen molar-refractivity contribution < 1.29 is 9.72 Å². The van der Waals surface area contributed by atoms with Gasteiger partial charge in [-0.25, -0.2) is 4.72 Å². The quantitative estimate of drug-likeness (QED) is 0.422. The molecule has 2 N–H and O–H groups in total. The Bertz CT molecular complexity index is 767. The molecule has 0 aromatic heterocycles. The lowest BCUT2D eigenvalue weighted by Gasteiger charge is -2.54. The van der Waals surface area contributed by atoms with E-state index in [-0.39, 0.29) is 11.6 Å². The van der Waals surface area contributed by atoms with Crippen LogP contribution in [0.5, 0.6) is 0 Å². The predicted molar refractivity (Wildman–Crippen MR) is 110 cm³/mol. The maximum absolute atomic E-state index is 13.0. The highest BCUT2D eigenvalue weighted by molar-refractivity contribution is 7.97. The third-order valence-electron chi connectivity index (χ3n) is 6.89. The molecule has 7 heteroatoms. The van der Waals surface area contributed by atoms with Gasteiger partial charge in [0.1, 0.15) is 5.54 Å². The Kier molecular flexibility index (Phi) is 5.16. The number of non-ortho nitro benzene ring substituents is 1. The fourth-order valence-corrected chi connectivity index (χ4v) is 6.40. The number of benzene rings is 1. The Morgan fingerprint density at radius 2 is 1.75 bits per heavy atom. The molecule has 0 atom stereocenters. The van der Waals surface area contributed by atoms with E-state index in [2.05, 4.69) is 10.0 Å². The summed E-state index contributed by atoms with van der Waals surface area (Å²) >= 11 is 1.29. The van der Waals surface area contributed by atoms with Crippen molar-refractivity contribution in [2.45, 2.75) is 69.4 Å². The van der Waals surface area contributed by atoms with Gasteiger partial charge in [0.2, 0.25) is 5.91 Å². The van der Waals surface area contributed by atoms with Crippen LogP contribution in [-0.4, -0.2) is 22.4 Å². The van der Waals surface area contributed by atoms with Crippen LogP contribution in [0.15, 0.2) is 23.1 Å². The number of rotatable bonds is 6. The second-order valence-electron chi connectivity index (χ2n) is 9.47. The average molecular weight is 404 g/mol. The molecule has 1 amide bonds. The van der Waals surface area contributed by atoms with E-state index in [1.807, 2.05) is 20.8 Å². The first kappa shape index (κ1) is 19.7. The van der Waals surface area contributed by atoms with Gasteiger partial charge in [0.05, 0.1) is 4.92 Å². The van der Waals surface area contributed by atoms with Crippen LogP contribution in [0.4, 0.5) is 5.69 Å².